The number of thiophene rings is 1. The SMILES string of the molecule is NC(c1ccc2cccnc2c1)c1cc2c(s1)CCSC2. The average Bonchev–Trinajstić information content (AvgIpc) is 2.97. The van der Waals surface area contributed by atoms with Gasteiger partial charge in [0.1, 0.15) is 0 Å². The highest BCUT2D eigenvalue weighted by Crippen LogP contribution is 2.36. The standard InChI is InChI=1S/C17H16N2S2/c18-17(16-9-13-10-20-7-5-15(13)21-16)12-4-3-11-2-1-6-19-14(11)8-12/h1-4,6,8-9,17H,5,7,10,18H2. The van der Waals surface area contributed by atoms with Crippen LogP contribution in [-0.2, 0) is 12.2 Å². The highest BCUT2D eigenvalue weighted by atomic mass is 32.2. The summed E-state index contributed by atoms with van der Waals surface area (Å²) in [6, 6.07) is 12.7. The molecule has 106 valence electrons. The summed E-state index contributed by atoms with van der Waals surface area (Å²) in [5.41, 5.74) is 10.1. The predicted octanol–water partition coefficient (Wildman–Crippen LogP) is 4.13. The second-order valence-corrected chi connectivity index (χ2v) is 7.61. The maximum absolute atomic E-state index is 6.50. The molecule has 4 heteroatoms. The van der Waals surface area contributed by atoms with Gasteiger partial charge in [-0.1, -0.05) is 18.2 Å². The number of hydrogen-bond acceptors (Lipinski definition) is 4. The fraction of sp³-hybridized carbons (Fsp3) is 0.235. The van der Waals surface area contributed by atoms with E-state index in [0.717, 1.165) is 22.2 Å². The molecule has 0 fully saturated rings. The maximum atomic E-state index is 6.50. The van der Waals surface area contributed by atoms with E-state index >= 15 is 0 Å². The molecule has 0 saturated heterocycles. The molecule has 0 spiro atoms. The van der Waals surface area contributed by atoms with Crippen LogP contribution in [0.1, 0.15) is 26.9 Å². The number of fused-ring (bicyclic) bond motifs is 2. The third-order valence-corrected chi connectivity index (χ3v) is 6.27. The highest BCUT2D eigenvalue weighted by Gasteiger charge is 2.18. The van der Waals surface area contributed by atoms with Crippen molar-refractivity contribution >= 4 is 34.0 Å². The van der Waals surface area contributed by atoms with Crippen molar-refractivity contribution in [2.24, 2.45) is 5.73 Å². The van der Waals surface area contributed by atoms with Crippen LogP contribution in [0.25, 0.3) is 10.9 Å². The zero-order valence-electron chi connectivity index (χ0n) is 11.6. The van der Waals surface area contributed by atoms with Crippen LogP contribution in [0, 0.1) is 0 Å². The molecule has 2 aromatic heterocycles. The van der Waals surface area contributed by atoms with E-state index in [4.69, 9.17) is 5.73 Å². The van der Waals surface area contributed by atoms with Crippen LogP contribution < -0.4 is 5.73 Å². The van der Waals surface area contributed by atoms with Crippen molar-refractivity contribution in [2.75, 3.05) is 5.75 Å². The van der Waals surface area contributed by atoms with Gasteiger partial charge in [0.25, 0.3) is 0 Å². The minimum absolute atomic E-state index is 0.0444. The average molecular weight is 312 g/mol. The molecule has 1 aliphatic rings. The molecule has 1 aromatic carbocycles. The Labute approximate surface area is 132 Å². The number of benzene rings is 1. The Hall–Kier alpha value is -1.36. The summed E-state index contributed by atoms with van der Waals surface area (Å²) in [4.78, 5) is 7.23. The van der Waals surface area contributed by atoms with Crippen LogP contribution in [0.5, 0.6) is 0 Å². The van der Waals surface area contributed by atoms with E-state index in [1.54, 1.807) is 0 Å². The topological polar surface area (TPSA) is 38.9 Å². The van der Waals surface area contributed by atoms with E-state index in [0.29, 0.717) is 0 Å². The molecule has 1 atom stereocenters. The van der Waals surface area contributed by atoms with Crippen molar-refractivity contribution in [3.63, 3.8) is 0 Å². The van der Waals surface area contributed by atoms with Crippen molar-refractivity contribution in [3.05, 3.63) is 63.5 Å². The number of hydrogen-bond donors (Lipinski definition) is 1. The molecule has 0 aliphatic carbocycles. The molecule has 0 radical (unpaired) electrons. The van der Waals surface area contributed by atoms with Crippen molar-refractivity contribution in [3.8, 4) is 0 Å². The largest absolute Gasteiger partial charge is 0.320 e. The molecule has 1 aliphatic heterocycles. The molecular weight excluding hydrogens is 296 g/mol. The van der Waals surface area contributed by atoms with Gasteiger partial charge in [-0.25, -0.2) is 0 Å². The molecule has 2 N–H and O–H groups in total. The Morgan fingerprint density at radius 2 is 2.14 bits per heavy atom. The normalized spacial score (nSPS) is 15.9. The lowest BCUT2D eigenvalue weighted by Crippen LogP contribution is -2.10. The van der Waals surface area contributed by atoms with E-state index < -0.39 is 0 Å². The number of nitrogens with two attached hydrogens (primary N) is 1. The van der Waals surface area contributed by atoms with Crippen molar-refractivity contribution in [2.45, 2.75) is 18.2 Å². The second-order valence-electron chi connectivity index (χ2n) is 5.33. The Morgan fingerprint density at radius 3 is 3.05 bits per heavy atom. The monoisotopic (exact) mass is 312 g/mol. The van der Waals surface area contributed by atoms with Crippen LogP contribution in [0.2, 0.25) is 0 Å². The van der Waals surface area contributed by atoms with Gasteiger partial charge in [0, 0.05) is 27.1 Å². The van der Waals surface area contributed by atoms with E-state index in [-0.39, 0.29) is 6.04 Å². The van der Waals surface area contributed by atoms with Crippen LogP contribution in [-0.4, -0.2) is 10.7 Å². The number of aryl methyl sites for hydroxylation is 1. The molecular formula is C17H16N2S2. The summed E-state index contributed by atoms with van der Waals surface area (Å²) < 4.78 is 0. The zero-order valence-corrected chi connectivity index (χ0v) is 13.2. The van der Waals surface area contributed by atoms with Gasteiger partial charge in [0.2, 0.25) is 0 Å². The smallest absolute Gasteiger partial charge is 0.0705 e. The number of aromatic nitrogens is 1. The van der Waals surface area contributed by atoms with Gasteiger partial charge in [0.05, 0.1) is 11.6 Å². The Kier molecular flexibility index (Phi) is 3.45. The van der Waals surface area contributed by atoms with Gasteiger partial charge in [-0.05, 0) is 41.5 Å². The molecule has 2 nitrogen and oxygen atoms in total. The first-order valence-corrected chi connectivity index (χ1v) is 9.08. The van der Waals surface area contributed by atoms with Gasteiger partial charge < -0.3 is 5.73 Å². The summed E-state index contributed by atoms with van der Waals surface area (Å²) in [7, 11) is 0. The van der Waals surface area contributed by atoms with Crippen LogP contribution in [0.15, 0.2) is 42.6 Å². The summed E-state index contributed by atoms with van der Waals surface area (Å²) in [6.45, 7) is 0. The molecule has 0 amide bonds. The second kappa shape index (κ2) is 5.44. The Balaban J connectivity index is 1.71. The molecule has 21 heavy (non-hydrogen) atoms. The van der Waals surface area contributed by atoms with E-state index in [1.807, 2.05) is 35.4 Å². The summed E-state index contributed by atoms with van der Waals surface area (Å²) in [6.07, 6.45) is 3.02. The number of rotatable bonds is 2. The first kappa shape index (κ1) is 13.3. The molecule has 1 unspecified atom stereocenters. The first-order chi connectivity index (χ1) is 10.3. The number of thioether (sulfide) groups is 1. The molecule has 0 saturated carbocycles. The third kappa shape index (κ3) is 2.48. The Bertz CT molecular complexity index is 771. The van der Waals surface area contributed by atoms with E-state index in [9.17, 15) is 0 Å². The first-order valence-electron chi connectivity index (χ1n) is 7.11. The molecule has 4 rings (SSSR count). The lowest BCUT2D eigenvalue weighted by molar-refractivity contribution is 0.894. The summed E-state index contributed by atoms with van der Waals surface area (Å²) >= 11 is 3.90. The van der Waals surface area contributed by atoms with Gasteiger partial charge in [-0.15, -0.1) is 11.3 Å². The molecule has 3 heterocycles. The predicted molar refractivity (Wildman–Crippen MR) is 92.0 cm³/mol. The highest BCUT2D eigenvalue weighted by molar-refractivity contribution is 7.98. The minimum Gasteiger partial charge on any atom is -0.320 e. The molecule has 3 aromatic rings. The zero-order chi connectivity index (χ0) is 14.2. The van der Waals surface area contributed by atoms with Crippen LogP contribution in [0.4, 0.5) is 0 Å². The van der Waals surface area contributed by atoms with Crippen LogP contribution >= 0.6 is 23.1 Å². The lowest BCUT2D eigenvalue weighted by Gasteiger charge is -2.10. The van der Waals surface area contributed by atoms with Gasteiger partial charge >= 0.3 is 0 Å². The Morgan fingerprint density at radius 1 is 1.19 bits per heavy atom. The van der Waals surface area contributed by atoms with Crippen molar-refractivity contribution < 1.29 is 0 Å². The number of pyridine rings is 1. The van der Waals surface area contributed by atoms with Gasteiger partial charge in [-0.2, -0.15) is 11.8 Å². The van der Waals surface area contributed by atoms with Gasteiger partial charge in [0.15, 0.2) is 0 Å². The van der Waals surface area contributed by atoms with E-state index in [1.165, 1.54) is 27.5 Å². The lowest BCUT2D eigenvalue weighted by atomic mass is 10.0. The summed E-state index contributed by atoms with van der Waals surface area (Å²) in [5.74, 6) is 2.37. The maximum Gasteiger partial charge on any atom is 0.0705 e. The molecule has 0 bridgehead atoms. The van der Waals surface area contributed by atoms with E-state index in [2.05, 4.69) is 35.3 Å². The summed E-state index contributed by atoms with van der Waals surface area (Å²) in [5, 5.41) is 1.16. The fourth-order valence-electron chi connectivity index (χ4n) is 2.76. The fourth-order valence-corrected chi connectivity index (χ4v) is 5.17. The van der Waals surface area contributed by atoms with Crippen LogP contribution in [0.3, 0.4) is 0 Å². The van der Waals surface area contributed by atoms with Gasteiger partial charge in [-0.3, -0.25) is 4.98 Å². The minimum atomic E-state index is -0.0444. The number of nitrogens with zero attached hydrogens (tertiary/aromatic N) is 1. The van der Waals surface area contributed by atoms with Crippen molar-refractivity contribution in [1.29, 1.82) is 0 Å². The third-order valence-electron chi connectivity index (χ3n) is 3.94. The van der Waals surface area contributed by atoms with Crippen molar-refractivity contribution in [1.82, 2.24) is 4.98 Å². The quantitative estimate of drug-likeness (QED) is 0.773.